The van der Waals surface area contributed by atoms with Gasteiger partial charge in [0.15, 0.2) is 0 Å². The summed E-state index contributed by atoms with van der Waals surface area (Å²) in [7, 11) is 0. The topological polar surface area (TPSA) is 174 Å². The molecule has 1 aliphatic rings. The number of thioether (sulfide) groups is 1. The Morgan fingerprint density at radius 3 is 2.22 bits per heavy atom. The predicted molar refractivity (Wildman–Crippen MR) is 134 cm³/mol. The second kappa shape index (κ2) is 15.1. The van der Waals surface area contributed by atoms with Crippen LogP contribution in [-0.2, 0) is 30.4 Å². The van der Waals surface area contributed by atoms with Crippen LogP contribution in [-0.4, -0.2) is 82.6 Å². The van der Waals surface area contributed by atoms with Gasteiger partial charge >= 0.3 is 11.9 Å². The molecule has 1 heterocycles. The van der Waals surface area contributed by atoms with Gasteiger partial charge in [-0.25, -0.2) is 4.79 Å². The van der Waals surface area contributed by atoms with E-state index in [1.165, 1.54) is 11.8 Å². The van der Waals surface area contributed by atoms with Gasteiger partial charge in [-0.1, -0.05) is 30.3 Å². The van der Waals surface area contributed by atoms with Crippen LogP contribution >= 0.6 is 11.8 Å². The molecule has 0 aliphatic carbocycles. The molecule has 1 saturated heterocycles. The molecule has 0 spiro atoms. The third kappa shape index (κ3) is 9.86. The number of benzene rings is 1. The Morgan fingerprint density at radius 2 is 1.64 bits per heavy atom. The average molecular weight is 523 g/mol. The Kier molecular flexibility index (Phi) is 12.2. The van der Waals surface area contributed by atoms with Crippen LogP contribution in [0.25, 0.3) is 0 Å². The third-order valence-corrected chi connectivity index (χ3v) is 6.44. The summed E-state index contributed by atoms with van der Waals surface area (Å²) in [6, 6.07) is 4.98. The standard InChI is InChI=1S/C24H34N4O7S/c1-36-13-11-18(24(34)35)27-23(33)19(14-15-6-3-2-4-7-15)28-22(32)17(9-10-20(29)30)26-21(31)16-8-5-12-25-16/h2-4,6-7,16-19,25H,5,8-14H2,1H3,(H,26,31)(H,27,33)(H,28,32)(H,29,30)(H,34,35). The van der Waals surface area contributed by atoms with Crippen molar-refractivity contribution in [1.82, 2.24) is 21.3 Å². The highest BCUT2D eigenvalue weighted by atomic mass is 32.2. The maximum atomic E-state index is 13.2. The van der Waals surface area contributed by atoms with Gasteiger partial charge in [0.1, 0.15) is 18.1 Å². The quantitative estimate of drug-likeness (QED) is 0.187. The minimum Gasteiger partial charge on any atom is -0.481 e. The largest absolute Gasteiger partial charge is 0.481 e. The molecule has 0 radical (unpaired) electrons. The number of rotatable bonds is 15. The molecule has 11 nitrogen and oxygen atoms in total. The van der Waals surface area contributed by atoms with E-state index >= 15 is 0 Å². The minimum atomic E-state index is -1.18. The van der Waals surface area contributed by atoms with Gasteiger partial charge in [0.2, 0.25) is 17.7 Å². The molecule has 4 atom stereocenters. The number of amides is 3. The molecule has 0 bridgehead atoms. The normalized spacial score (nSPS) is 17.4. The first-order valence-electron chi connectivity index (χ1n) is 11.8. The number of hydrogen-bond donors (Lipinski definition) is 6. The molecule has 198 valence electrons. The molecule has 0 aromatic heterocycles. The van der Waals surface area contributed by atoms with E-state index in [0.717, 1.165) is 12.0 Å². The Bertz CT molecular complexity index is 909. The monoisotopic (exact) mass is 522 g/mol. The van der Waals surface area contributed by atoms with E-state index in [2.05, 4.69) is 21.3 Å². The number of aliphatic carboxylic acids is 2. The van der Waals surface area contributed by atoms with Gasteiger partial charge in [0.05, 0.1) is 6.04 Å². The minimum absolute atomic E-state index is 0.0804. The van der Waals surface area contributed by atoms with E-state index in [9.17, 15) is 29.1 Å². The highest BCUT2D eigenvalue weighted by Crippen LogP contribution is 2.09. The van der Waals surface area contributed by atoms with E-state index in [-0.39, 0.29) is 25.7 Å². The smallest absolute Gasteiger partial charge is 0.326 e. The molecular formula is C24H34N4O7S. The van der Waals surface area contributed by atoms with Gasteiger partial charge < -0.3 is 31.5 Å². The van der Waals surface area contributed by atoms with E-state index in [1.54, 1.807) is 30.3 Å². The number of carbonyl (C=O) groups excluding carboxylic acids is 3. The fourth-order valence-corrected chi connectivity index (χ4v) is 4.29. The summed E-state index contributed by atoms with van der Waals surface area (Å²) in [5.41, 5.74) is 0.732. The van der Waals surface area contributed by atoms with Crippen LogP contribution in [0.5, 0.6) is 0 Å². The molecule has 3 amide bonds. The average Bonchev–Trinajstić information content (AvgIpc) is 3.39. The maximum Gasteiger partial charge on any atom is 0.326 e. The Balaban J connectivity index is 2.19. The lowest BCUT2D eigenvalue weighted by Crippen LogP contribution is -2.57. The van der Waals surface area contributed by atoms with Crippen LogP contribution in [0.3, 0.4) is 0 Å². The van der Waals surface area contributed by atoms with Crippen molar-refractivity contribution in [2.75, 3.05) is 18.6 Å². The highest BCUT2D eigenvalue weighted by molar-refractivity contribution is 7.98. The molecule has 6 N–H and O–H groups in total. The van der Waals surface area contributed by atoms with Crippen molar-refractivity contribution in [1.29, 1.82) is 0 Å². The first-order valence-corrected chi connectivity index (χ1v) is 13.2. The summed E-state index contributed by atoms with van der Waals surface area (Å²) in [5.74, 6) is -3.59. The van der Waals surface area contributed by atoms with Crippen molar-refractivity contribution in [3.8, 4) is 0 Å². The number of carbonyl (C=O) groups is 5. The van der Waals surface area contributed by atoms with Crippen LogP contribution < -0.4 is 21.3 Å². The number of hydrogen-bond acceptors (Lipinski definition) is 7. The van der Waals surface area contributed by atoms with E-state index < -0.39 is 53.8 Å². The Labute approximate surface area is 214 Å². The summed E-state index contributed by atoms with van der Waals surface area (Å²) in [4.78, 5) is 61.6. The van der Waals surface area contributed by atoms with Crippen LogP contribution in [0.15, 0.2) is 30.3 Å². The van der Waals surface area contributed by atoms with Crippen LogP contribution in [0.4, 0.5) is 0 Å². The molecule has 1 fully saturated rings. The van der Waals surface area contributed by atoms with E-state index in [4.69, 9.17) is 5.11 Å². The molecule has 1 aromatic rings. The summed E-state index contributed by atoms with van der Waals surface area (Å²) in [6.45, 7) is 0.671. The fourth-order valence-electron chi connectivity index (χ4n) is 3.81. The van der Waals surface area contributed by atoms with Gasteiger partial charge in [-0.15, -0.1) is 0 Å². The zero-order chi connectivity index (χ0) is 26.5. The van der Waals surface area contributed by atoms with Gasteiger partial charge in [-0.3, -0.25) is 19.2 Å². The summed E-state index contributed by atoms with van der Waals surface area (Å²) >= 11 is 1.45. The van der Waals surface area contributed by atoms with Gasteiger partial charge in [0, 0.05) is 12.8 Å². The molecule has 2 rings (SSSR count). The predicted octanol–water partition coefficient (Wildman–Crippen LogP) is 0.138. The van der Waals surface area contributed by atoms with Crippen molar-refractivity contribution >= 4 is 41.4 Å². The van der Waals surface area contributed by atoms with Crippen molar-refractivity contribution in [3.05, 3.63) is 35.9 Å². The molecule has 12 heteroatoms. The highest BCUT2D eigenvalue weighted by Gasteiger charge is 2.31. The lowest BCUT2D eigenvalue weighted by atomic mass is 10.0. The fraction of sp³-hybridized carbons (Fsp3) is 0.542. The van der Waals surface area contributed by atoms with Crippen molar-refractivity contribution < 1.29 is 34.2 Å². The van der Waals surface area contributed by atoms with Gasteiger partial charge in [-0.2, -0.15) is 11.8 Å². The third-order valence-electron chi connectivity index (χ3n) is 5.80. The van der Waals surface area contributed by atoms with E-state index in [0.29, 0.717) is 18.7 Å². The molecule has 36 heavy (non-hydrogen) atoms. The van der Waals surface area contributed by atoms with E-state index in [1.807, 2.05) is 6.26 Å². The molecule has 4 unspecified atom stereocenters. The lowest BCUT2D eigenvalue weighted by molar-refractivity contribution is -0.142. The zero-order valence-electron chi connectivity index (χ0n) is 20.2. The first kappa shape index (κ1) is 29.1. The molecule has 0 saturated carbocycles. The SMILES string of the molecule is CSCCC(NC(=O)C(Cc1ccccc1)NC(=O)C(CCC(=O)O)NC(=O)C1CCCN1)C(=O)O. The second-order valence-corrected chi connectivity index (χ2v) is 9.56. The zero-order valence-corrected chi connectivity index (χ0v) is 21.0. The van der Waals surface area contributed by atoms with Crippen LogP contribution in [0.2, 0.25) is 0 Å². The number of carboxylic acids is 2. The lowest BCUT2D eigenvalue weighted by Gasteiger charge is -2.25. The van der Waals surface area contributed by atoms with Crippen molar-refractivity contribution in [2.24, 2.45) is 0 Å². The molecule has 1 aliphatic heterocycles. The maximum absolute atomic E-state index is 13.2. The van der Waals surface area contributed by atoms with Crippen LogP contribution in [0, 0.1) is 0 Å². The summed E-state index contributed by atoms with van der Waals surface area (Å²) < 4.78 is 0. The second-order valence-electron chi connectivity index (χ2n) is 8.57. The van der Waals surface area contributed by atoms with Crippen molar-refractivity contribution in [2.45, 2.75) is 62.7 Å². The Hall–Kier alpha value is -3.12. The van der Waals surface area contributed by atoms with Crippen LogP contribution in [0.1, 0.15) is 37.7 Å². The number of carboxylic acid groups (broad SMARTS) is 2. The molecular weight excluding hydrogens is 488 g/mol. The number of nitrogens with one attached hydrogen (secondary N) is 4. The van der Waals surface area contributed by atoms with Gasteiger partial charge in [0.25, 0.3) is 0 Å². The Morgan fingerprint density at radius 1 is 0.972 bits per heavy atom. The summed E-state index contributed by atoms with van der Waals surface area (Å²) in [6.07, 6.45) is 3.00. The molecule has 1 aromatic carbocycles. The summed E-state index contributed by atoms with van der Waals surface area (Å²) in [5, 5.41) is 29.3. The van der Waals surface area contributed by atoms with Gasteiger partial charge in [-0.05, 0) is 49.8 Å². The first-order chi connectivity index (χ1) is 17.2. The van der Waals surface area contributed by atoms with Crippen molar-refractivity contribution in [3.63, 3.8) is 0 Å².